The van der Waals surface area contributed by atoms with Gasteiger partial charge in [0.15, 0.2) is 0 Å². The molecule has 1 heterocycles. The van der Waals surface area contributed by atoms with E-state index in [4.69, 9.17) is 5.21 Å². The third-order valence-electron chi connectivity index (χ3n) is 1.45. The highest BCUT2D eigenvalue weighted by Gasteiger charge is 2.24. The molecule has 1 aliphatic heterocycles. The number of rotatable bonds is 1. The fourth-order valence-electron chi connectivity index (χ4n) is 0.863. The fourth-order valence-corrected chi connectivity index (χ4v) is 0.863. The fraction of sp³-hybridized carbons (Fsp3) is 0.800. The third-order valence-corrected chi connectivity index (χ3v) is 1.45. The van der Waals surface area contributed by atoms with Crippen molar-refractivity contribution >= 4 is 6.03 Å². The Morgan fingerprint density at radius 2 is 2.33 bits per heavy atom. The van der Waals surface area contributed by atoms with E-state index in [1.165, 1.54) is 0 Å². The molecule has 9 heavy (non-hydrogen) atoms. The van der Waals surface area contributed by atoms with E-state index in [-0.39, 0.29) is 6.03 Å². The zero-order valence-electron chi connectivity index (χ0n) is 5.37. The van der Waals surface area contributed by atoms with Crippen LogP contribution < -0.4 is 0 Å². The molecule has 0 bridgehead atoms. The van der Waals surface area contributed by atoms with Crippen LogP contribution in [0.3, 0.4) is 0 Å². The maximum absolute atomic E-state index is 10.7. The zero-order chi connectivity index (χ0) is 6.85. The first kappa shape index (κ1) is 6.35. The average Bonchev–Trinajstić information content (AvgIpc) is 2.15. The van der Waals surface area contributed by atoms with Gasteiger partial charge in [0.25, 0.3) is 0 Å². The van der Waals surface area contributed by atoms with Crippen LogP contribution in [-0.2, 0) is 0 Å². The molecular formula is C5H10N2O2. The van der Waals surface area contributed by atoms with E-state index >= 15 is 0 Å². The van der Waals surface area contributed by atoms with E-state index in [1.54, 1.807) is 4.90 Å². The monoisotopic (exact) mass is 130 g/mol. The SMILES string of the molecule is CCN1CCN(O)C1=O. The van der Waals surface area contributed by atoms with Gasteiger partial charge in [-0.25, -0.2) is 9.86 Å². The van der Waals surface area contributed by atoms with Gasteiger partial charge in [0.1, 0.15) is 0 Å². The van der Waals surface area contributed by atoms with Gasteiger partial charge in [-0.2, -0.15) is 0 Å². The van der Waals surface area contributed by atoms with Crippen molar-refractivity contribution in [3.63, 3.8) is 0 Å². The van der Waals surface area contributed by atoms with Crippen LogP contribution in [0.5, 0.6) is 0 Å². The number of amides is 2. The summed E-state index contributed by atoms with van der Waals surface area (Å²) in [6.45, 7) is 3.64. The summed E-state index contributed by atoms with van der Waals surface area (Å²) in [7, 11) is 0. The van der Waals surface area contributed by atoms with Crippen LogP contribution in [0.15, 0.2) is 0 Å². The summed E-state index contributed by atoms with van der Waals surface area (Å²) in [5.41, 5.74) is 0. The molecule has 0 aromatic carbocycles. The molecule has 52 valence electrons. The Labute approximate surface area is 53.6 Å². The van der Waals surface area contributed by atoms with Crippen molar-refractivity contribution in [2.75, 3.05) is 19.6 Å². The predicted molar refractivity (Wildman–Crippen MR) is 31.1 cm³/mol. The van der Waals surface area contributed by atoms with Crippen LogP contribution in [0.2, 0.25) is 0 Å². The normalized spacial score (nSPS) is 19.6. The quantitative estimate of drug-likeness (QED) is 0.513. The second kappa shape index (κ2) is 2.23. The lowest BCUT2D eigenvalue weighted by Crippen LogP contribution is -2.29. The van der Waals surface area contributed by atoms with E-state index in [0.717, 1.165) is 5.06 Å². The molecule has 0 atom stereocenters. The van der Waals surface area contributed by atoms with Gasteiger partial charge in [-0.05, 0) is 6.92 Å². The minimum absolute atomic E-state index is 0.280. The van der Waals surface area contributed by atoms with Crippen molar-refractivity contribution in [1.82, 2.24) is 9.96 Å². The number of urea groups is 1. The maximum atomic E-state index is 10.7. The van der Waals surface area contributed by atoms with Crippen molar-refractivity contribution in [1.29, 1.82) is 0 Å². The zero-order valence-corrected chi connectivity index (χ0v) is 5.37. The van der Waals surface area contributed by atoms with E-state index < -0.39 is 0 Å². The Kier molecular flexibility index (Phi) is 1.57. The van der Waals surface area contributed by atoms with E-state index in [0.29, 0.717) is 19.6 Å². The first-order valence-electron chi connectivity index (χ1n) is 3.01. The topological polar surface area (TPSA) is 43.8 Å². The van der Waals surface area contributed by atoms with Crippen LogP contribution >= 0.6 is 0 Å². The lowest BCUT2D eigenvalue weighted by Gasteiger charge is -2.10. The van der Waals surface area contributed by atoms with E-state index in [1.807, 2.05) is 6.92 Å². The molecule has 4 heteroatoms. The Balaban J connectivity index is 2.51. The highest BCUT2D eigenvalue weighted by atomic mass is 16.5. The second-order valence-corrected chi connectivity index (χ2v) is 1.99. The lowest BCUT2D eigenvalue weighted by atomic mass is 10.6. The highest BCUT2D eigenvalue weighted by molar-refractivity contribution is 5.74. The van der Waals surface area contributed by atoms with Crippen LogP contribution in [0.25, 0.3) is 0 Å². The molecule has 0 radical (unpaired) electrons. The molecule has 1 rings (SSSR count). The Morgan fingerprint density at radius 3 is 2.56 bits per heavy atom. The second-order valence-electron chi connectivity index (χ2n) is 1.99. The summed E-state index contributed by atoms with van der Waals surface area (Å²) in [5.74, 6) is 0. The van der Waals surface area contributed by atoms with Gasteiger partial charge in [-0.3, -0.25) is 5.21 Å². The largest absolute Gasteiger partial charge is 0.343 e. The van der Waals surface area contributed by atoms with Crippen LogP contribution in [0.4, 0.5) is 4.79 Å². The third kappa shape index (κ3) is 0.977. The van der Waals surface area contributed by atoms with Crippen molar-refractivity contribution in [2.45, 2.75) is 6.92 Å². The minimum Gasteiger partial charge on any atom is -0.321 e. The molecule has 4 nitrogen and oxygen atoms in total. The molecule has 1 saturated heterocycles. The van der Waals surface area contributed by atoms with Crippen molar-refractivity contribution < 1.29 is 10.0 Å². The average molecular weight is 130 g/mol. The molecule has 0 aromatic heterocycles. The van der Waals surface area contributed by atoms with Gasteiger partial charge in [-0.1, -0.05) is 0 Å². The Hall–Kier alpha value is -0.770. The number of carbonyl (C=O) groups excluding carboxylic acids is 1. The van der Waals surface area contributed by atoms with Gasteiger partial charge in [0.05, 0.1) is 6.54 Å². The molecule has 1 fully saturated rings. The van der Waals surface area contributed by atoms with Crippen molar-refractivity contribution in [3.8, 4) is 0 Å². The van der Waals surface area contributed by atoms with E-state index in [2.05, 4.69) is 0 Å². The summed E-state index contributed by atoms with van der Waals surface area (Å²) in [6, 6.07) is -0.280. The van der Waals surface area contributed by atoms with Gasteiger partial charge >= 0.3 is 6.03 Å². The molecule has 0 aliphatic carbocycles. The van der Waals surface area contributed by atoms with Crippen LogP contribution in [-0.4, -0.2) is 40.8 Å². The molecule has 0 saturated carbocycles. The molecule has 1 N–H and O–H groups in total. The summed E-state index contributed by atoms with van der Waals surface area (Å²) in [4.78, 5) is 12.3. The summed E-state index contributed by atoms with van der Waals surface area (Å²) >= 11 is 0. The number of nitrogens with zero attached hydrogens (tertiary/aromatic N) is 2. The number of hydrogen-bond donors (Lipinski definition) is 1. The lowest BCUT2D eigenvalue weighted by molar-refractivity contribution is -0.0265. The van der Waals surface area contributed by atoms with Gasteiger partial charge in [0.2, 0.25) is 0 Å². The van der Waals surface area contributed by atoms with Crippen molar-refractivity contribution in [2.24, 2.45) is 0 Å². The van der Waals surface area contributed by atoms with Crippen molar-refractivity contribution in [3.05, 3.63) is 0 Å². The van der Waals surface area contributed by atoms with Gasteiger partial charge < -0.3 is 4.90 Å². The molecule has 0 unspecified atom stereocenters. The molecule has 0 aromatic rings. The van der Waals surface area contributed by atoms with Gasteiger partial charge in [0, 0.05) is 13.1 Å². The standard InChI is InChI=1S/C5H10N2O2/c1-2-6-3-4-7(9)5(6)8/h9H,2-4H2,1H3. The number of hydrogen-bond acceptors (Lipinski definition) is 2. The molecule has 1 aliphatic rings. The number of likely N-dealkylation sites (N-methyl/N-ethyl adjacent to an activating group) is 1. The minimum atomic E-state index is -0.280. The Morgan fingerprint density at radius 1 is 1.67 bits per heavy atom. The van der Waals surface area contributed by atoms with E-state index in [9.17, 15) is 4.79 Å². The summed E-state index contributed by atoms with van der Waals surface area (Å²) in [6.07, 6.45) is 0. The summed E-state index contributed by atoms with van der Waals surface area (Å²) in [5, 5.41) is 9.48. The van der Waals surface area contributed by atoms with Crippen LogP contribution in [0, 0.1) is 0 Å². The van der Waals surface area contributed by atoms with Crippen LogP contribution in [0.1, 0.15) is 6.92 Å². The number of carbonyl (C=O) groups is 1. The first-order valence-corrected chi connectivity index (χ1v) is 3.01. The molecule has 0 spiro atoms. The molecule has 2 amide bonds. The smallest absolute Gasteiger partial charge is 0.321 e. The number of hydroxylamine groups is 2. The highest BCUT2D eigenvalue weighted by Crippen LogP contribution is 2.03. The first-order chi connectivity index (χ1) is 4.25. The maximum Gasteiger partial charge on any atom is 0.343 e. The molecular weight excluding hydrogens is 120 g/mol. The van der Waals surface area contributed by atoms with Gasteiger partial charge in [-0.15, -0.1) is 0 Å². The summed E-state index contributed by atoms with van der Waals surface area (Å²) < 4.78 is 0. The Bertz CT molecular complexity index is 126. The predicted octanol–water partition coefficient (Wildman–Crippen LogP) is 0.133.